The molecule has 0 aromatic heterocycles. The maximum absolute atomic E-state index is 11.5. The molecule has 0 aromatic carbocycles. The smallest absolute Gasteiger partial charge is 0.356 e. The van der Waals surface area contributed by atoms with E-state index in [4.69, 9.17) is 9.57 Å². The minimum absolute atomic E-state index is 0.0278. The van der Waals surface area contributed by atoms with Gasteiger partial charge in [0.25, 0.3) is 0 Å². The summed E-state index contributed by atoms with van der Waals surface area (Å²) in [5, 5.41) is 7.37. The van der Waals surface area contributed by atoms with Gasteiger partial charge in [-0.3, -0.25) is 0 Å². The summed E-state index contributed by atoms with van der Waals surface area (Å²) in [6, 6.07) is 0.495. The monoisotopic (exact) mass is 254 g/mol. The molecule has 0 bridgehead atoms. The van der Waals surface area contributed by atoms with Crippen LogP contribution >= 0.6 is 0 Å². The van der Waals surface area contributed by atoms with Crippen LogP contribution in [0.25, 0.3) is 0 Å². The van der Waals surface area contributed by atoms with Crippen molar-refractivity contribution in [2.45, 2.75) is 57.6 Å². The van der Waals surface area contributed by atoms with Gasteiger partial charge in [-0.1, -0.05) is 18.0 Å². The van der Waals surface area contributed by atoms with Gasteiger partial charge in [-0.2, -0.15) is 0 Å². The summed E-state index contributed by atoms with van der Waals surface area (Å²) in [6.45, 7) is 3.26. The number of hydrogen-bond donors (Lipinski definition) is 1. The van der Waals surface area contributed by atoms with Gasteiger partial charge in [0, 0.05) is 18.9 Å². The predicted molar refractivity (Wildman–Crippen MR) is 68.4 cm³/mol. The van der Waals surface area contributed by atoms with Gasteiger partial charge in [-0.25, -0.2) is 4.79 Å². The van der Waals surface area contributed by atoms with Crippen LogP contribution in [0.1, 0.15) is 45.4 Å². The van der Waals surface area contributed by atoms with Crippen molar-refractivity contribution in [3.63, 3.8) is 0 Å². The lowest BCUT2D eigenvalue weighted by molar-refractivity contribution is -0.135. The molecule has 0 radical (unpaired) electrons. The molecule has 5 heteroatoms. The van der Waals surface area contributed by atoms with E-state index in [1.807, 2.05) is 0 Å². The molecule has 1 fully saturated rings. The highest BCUT2D eigenvalue weighted by molar-refractivity contribution is 6.36. The Hall–Kier alpha value is -1.10. The van der Waals surface area contributed by atoms with E-state index in [0.29, 0.717) is 24.8 Å². The van der Waals surface area contributed by atoms with Gasteiger partial charge < -0.3 is 14.9 Å². The van der Waals surface area contributed by atoms with Crippen LogP contribution in [0.5, 0.6) is 0 Å². The summed E-state index contributed by atoms with van der Waals surface area (Å²) in [5.41, 5.74) is 0.426. The third kappa shape index (κ3) is 3.70. The molecule has 1 N–H and O–H groups in total. The zero-order valence-corrected chi connectivity index (χ0v) is 11.0. The number of oxime groups is 1. The predicted octanol–water partition coefficient (Wildman–Crippen LogP) is 1.62. The van der Waals surface area contributed by atoms with Crippen molar-refractivity contribution < 1.29 is 14.4 Å². The number of esters is 1. The van der Waals surface area contributed by atoms with Gasteiger partial charge in [-0.05, 0) is 26.3 Å². The average molecular weight is 254 g/mol. The van der Waals surface area contributed by atoms with E-state index in [1.165, 1.54) is 25.7 Å². The second-order valence-electron chi connectivity index (χ2n) is 4.93. The van der Waals surface area contributed by atoms with E-state index in [0.717, 1.165) is 13.0 Å². The summed E-state index contributed by atoms with van der Waals surface area (Å²) >= 11 is 0. The molecule has 2 rings (SSSR count). The molecule has 0 aliphatic carbocycles. The number of carbonyl (C=O) groups is 1. The molecular formula is C13H22N2O3. The molecule has 0 saturated carbocycles. The fraction of sp³-hybridized carbons (Fsp3) is 0.846. The molecule has 0 aromatic rings. The molecule has 0 amide bonds. The first-order valence-corrected chi connectivity index (χ1v) is 6.92. The summed E-state index contributed by atoms with van der Waals surface area (Å²) < 4.78 is 4.92. The zero-order valence-electron chi connectivity index (χ0n) is 11.0. The topological polar surface area (TPSA) is 59.9 Å². The Morgan fingerprint density at radius 3 is 3.22 bits per heavy atom. The lowest BCUT2D eigenvalue weighted by Crippen LogP contribution is -2.32. The van der Waals surface area contributed by atoms with E-state index in [1.54, 1.807) is 6.92 Å². The number of nitrogens with zero attached hydrogens (tertiary/aromatic N) is 1. The Bertz CT molecular complexity index is 309. The van der Waals surface area contributed by atoms with Crippen molar-refractivity contribution in [3.05, 3.63) is 0 Å². The van der Waals surface area contributed by atoms with E-state index in [9.17, 15) is 4.79 Å². The fourth-order valence-corrected chi connectivity index (χ4v) is 2.51. The summed E-state index contributed by atoms with van der Waals surface area (Å²) in [6.07, 6.45) is 6.56. The van der Waals surface area contributed by atoms with Crippen molar-refractivity contribution in [1.29, 1.82) is 0 Å². The fourth-order valence-electron chi connectivity index (χ4n) is 2.51. The molecule has 2 aliphatic rings. The van der Waals surface area contributed by atoms with Gasteiger partial charge >= 0.3 is 5.97 Å². The average Bonchev–Trinajstić information content (AvgIpc) is 2.67. The highest BCUT2D eigenvalue weighted by atomic mass is 16.6. The number of hydrogen-bond acceptors (Lipinski definition) is 5. The molecule has 18 heavy (non-hydrogen) atoms. The molecule has 2 unspecified atom stereocenters. The number of carbonyl (C=O) groups excluding carboxylic acids is 1. The van der Waals surface area contributed by atoms with Gasteiger partial charge in [0.15, 0.2) is 5.71 Å². The minimum atomic E-state index is -0.339. The Labute approximate surface area is 108 Å². The summed E-state index contributed by atoms with van der Waals surface area (Å²) in [7, 11) is 0. The highest BCUT2D eigenvalue weighted by Crippen LogP contribution is 2.20. The maximum Gasteiger partial charge on any atom is 0.356 e. The Kier molecular flexibility index (Phi) is 4.99. The molecule has 5 nitrogen and oxygen atoms in total. The Morgan fingerprint density at radius 1 is 1.50 bits per heavy atom. The minimum Gasteiger partial charge on any atom is -0.461 e. The molecular weight excluding hydrogens is 232 g/mol. The molecule has 1 saturated heterocycles. The Morgan fingerprint density at radius 2 is 2.39 bits per heavy atom. The first-order chi connectivity index (χ1) is 8.79. The number of rotatable bonds is 4. The normalized spacial score (nSPS) is 28.2. The summed E-state index contributed by atoms with van der Waals surface area (Å²) in [5.74, 6) is -0.339. The summed E-state index contributed by atoms with van der Waals surface area (Å²) in [4.78, 5) is 16.8. The van der Waals surface area contributed by atoms with Crippen molar-refractivity contribution in [2.24, 2.45) is 5.16 Å². The maximum atomic E-state index is 11.5. The number of nitrogens with one attached hydrogen (secondary N) is 1. The second kappa shape index (κ2) is 6.73. The quantitative estimate of drug-likeness (QED) is 0.774. The molecule has 2 atom stereocenters. The van der Waals surface area contributed by atoms with Crippen molar-refractivity contribution >= 4 is 11.7 Å². The van der Waals surface area contributed by atoms with Crippen LogP contribution in [-0.4, -0.2) is 37.0 Å². The van der Waals surface area contributed by atoms with Gasteiger partial charge in [0.05, 0.1) is 6.61 Å². The Balaban J connectivity index is 1.75. The van der Waals surface area contributed by atoms with Crippen molar-refractivity contribution in [2.75, 3.05) is 13.2 Å². The van der Waals surface area contributed by atoms with Crippen LogP contribution in [0.3, 0.4) is 0 Å². The lowest BCUT2D eigenvalue weighted by Gasteiger charge is -2.18. The second-order valence-corrected chi connectivity index (χ2v) is 4.93. The molecule has 2 heterocycles. The van der Waals surface area contributed by atoms with E-state index in [2.05, 4.69) is 10.5 Å². The van der Waals surface area contributed by atoms with Crippen LogP contribution in [0.15, 0.2) is 5.16 Å². The number of ether oxygens (including phenoxy) is 1. The first-order valence-electron chi connectivity index (χ1n) is 6.92. The van der Waals surface area contributed by atoms with Crippen molar-refractivity contribution in [3.8, 4) is 0 Å². The van der Waals surface area contributed by atoms with Gasteiger partial charge in [0.2, 0.25) is 0 Å². The molecule has 102 valence electrons. The van der Waals surface area contributed by atoms with E-state index in [-0.39, 0.29) is 12.1 Å². The van der Waals surface area contributed by atoms with E-state index < -0.39 is 0 Å². The molecule has 0 spiro atoms. The van der Waals surface area contributed by atoms with Crippen molar-refractivity contribution in [1.82, 2.24) is 5.32 Å². The third-order valence-electron chi connectivity index (χ3n) is 3.45. The standard InChI is InChI=1S/C13H22N2O3/c1-2-17-13(16)12-9-11(18-15-12)8-10-6-4-3-5-7-14-10/h10-11,14H,2-9H2,1H3. The van der Waals surface area contributed by atoms with Crippen LogP contribution < -0.4 is 5.32 Å². The third-order valence-corrected chi connectivity index (χ3v) is 3.45. The highest BCUT2D eigenvalue weighted by Gasteiger charge is 2.29. The van der Waals surface area contributed by atoms with Crippen LogP contribution in [-0.2, 0) is 14.4 Å². The lowest BCUT2D eigenvalue weighted by atomic mass is 10.0. The van der Waals surface area contributed by atoms with E-state index >= 15 is 0 Å². The SMILES string of the molecule is CCOC(=O)C1=NOC(CC2CCCCCN2)C1. The zero-order chi connectivity index (χ0) is 12.8. The van der Waals surface area contributed by atoms with Gasteiger partial charge in [0.1, 0.15) is 6.10 Å². The first kappa shape index (κ1) is 13.3. The van der Waals surface area contributed by atoms with Gasteiger partial charge in [-0.15, -0.1) is 0 Å². The molecule has 2 aliphatic heterocycles. The van der Waals surface area contributed by atoms with Crippen LogP contribution in [0, 0.1) is 0 Å². The largest absolute Gasteiger partial charge is 0.461 e. The van der Waals surface area contributed by atoms with Crippen LogP contribution in [0.4, 0.5) is 0 Å². The van der Waals surface area contributed by atoms with Crippen LogP contribution in [0.2, 0.25) is 0 Å².